The van der Waals surface area contributed by atoms with Gasteiger partial charge in [0, 0.05) is 24.5 Å². The van der Waals surface area contributed by atoms with Crippen LogP contribution in [-0.4, -0.2) is 10.6 Å². The number of nitrogens with two attached hydrogens (primary N) is 1. The second-order valence-electron chi connectivity index (χ2n) is 5.11. The summed E-state index contributed by atoms with van der Waals surface area (Å²) < 4.78 is 2.23. The molecule has 2 heteroatoms. The topological polar surface area (TPSA) is 30.9 Å². The quantitative estimate of drug-likeness (QED) is 0.878. The van der Waals surface area contributed by atoms with E-state index in [9.17, 15) is 0 Å². The second kappa shape index (κ2) is 5.40. The minimum atomic E-state index is 0.188. The normalized spacial score (nSPS) is 12.7. The summed E-state index contributed by atoms with van der Waals surface area (Å²) in [6.45, 7) is 4.30. The van der Waals surface area contributed by atoms with Crippen molar-refractivity contribution in [1.29, 1.82) is 0 Å². The van der Waals surface area contributed by atoms with Crippen LogP contribution in [0, 0.1) is 13.8 Å². The Hall–Kier alpha value is -1.54. The number of benzene rings is 1. The van der Waals surface area contributed by atoms with Gasteiger partial charge in [-0.2, -0.15) is 0 Å². The average molecular weight is 242 g/mol. The van der Waals surface area contributed by atoms with Crippen LogP contribution >= 0.6 is 0 Å². The van der Waals surface area contributed by atoms with Gasteiger partial charge in [0.05, 0.1) is 0 Å². The van der Waals surface area contributed by atoms with Gasteiger partial charge >= 0.3 is 0 Å². The van der Waals surface area contributed by atoms with E-state index in [2.05, 4.69) is 55.8 Å². The van der Waals surface area contributed by atoms with Crippen molar-refractivity contribution >= 4 is 0 Å². The first-order valence-corrected chi connectivity index (χ1v) is 6.49. The molecular formula is C16H22N2. The van der Waals surface area contributed by atoms with Crippen LogP contribution in [0.5, 0.6) is 0 Å². The summed E-state index contributed by atoms with van der Waals surface area (Å²) in [4.78, 5) is 0. The molecule has 2 N–H and O–H groups in total. The molecule has 1 aromatic carbocycles. The fraction of sp³-hybridized carbons (Fsp3) is 0.375. The van der Waals surface area contributed by atoms with E-state index in [0.29, 0.717) is 0 Å². The van der Waals surface area contributed by atoms with Gasteiger partial charge in [-0.3, -0.25) is 0 Å². The molecule has 0 spiro atoms. The smallest absolute Gasteiger partial charge is 0.0175 e. The zero-order valence-corrected chi connectivity index (χ0v) is 11.5. The van der Waals surface area contributed by atoms with Gasteiger partial charge in [-0.05, 0) is 43.9 Å². The first-order chi connectivity index (χ1) is 8.58. The van der Waals surface area contributed by atoms with Crippen LogP contribution < -0.4 is 5.73 Å². The second-order valence-corrected chi connectivity index (χ2v) is 5.11. The predicted molar refractivity (Wildman–Crippen MR) is 76.7 cm³/mol. The highest BCUT2D eigenvalue weighted by atomic mass is 14.9. The maximum atomic E-state index is 6.26. The van der Waals surface area contributed by atoms with Crippen LogP contribution in [-0.2, 0) is 19.9 Å². The lowest BCUT2D eigenvalue weighted by Crippen LogP contribution is -2.25. The molecule has 2 aromatic rings. The zero-order valence-electron chi connectivity index (χ0n) is 11.5. The molecule has 0 bridgehead atoms. The van der Waals surface area contributed by atoms with Crippen molar-refractivity contribution in [3.05, 3.63) is 58.9 Å². The van der Waals surface area contributed by atoms with Crippen molar-refractivity contribution in [2.75, 3.05) is 0 Å². The largest absolute Gasteiger partial charge is 0.352 e. The lowest BCUT2D eigenvalue weighted by molar-refractivity contribution is 0.660. The van der Waals surface area contributed by atoms with E-state index in [1.807, 2.05) is 6.07 Å². The van der Waals surface area contributed by atoms with Crippen LogP contribution in [0.15, 0.2) is 36.4 Å². The van der Waals surface area contributed by atoms with Crippen LogP contribution in [0.4, 0.5) is 0 Å². The predicted octanol–water partition coefficient (Wildman–Crippen LogP) is 2.75. The molecule has 0 saturated heterocycles. The van der Waals surface area contributed by atoms with Crippen molar-refractivity contribution in [2.45, 2.75) is 32.7 Å². The molecule has 0 saturated carbocycles. The van der Waals surface area contributed by atoms with Crippen LogP contribution in [0.25, 0.3) is 0 Å². The number of hydrogen-bond acceptors (Lipinski definition) is 1. The molecule has 1 unspecified atom stereocenters. The first-order valence-electron chi connectivity index (χ1n) is 6.49. The molecule has 0 aliphatic carbocycles. The summed E-state index contributed by atoms with van der Waals surface area (Å²) in [7, 11) is 2.11. The van der Waals surface area contributed by atoms with E-state index in [4.69, 9.17) is 5.73 Å². The maximum absolute atomic E-state index is 6.26. The minimum Gasteiger partial charge on any atom is -0.352 e. The molecule has 0 amide bonds. The SMILES string of the molecule is Cc1cc(CC(N)Cc2ccccc2)c(C)n1C. The van der Waals surface area contributed by atoms with Crippen molar-refractivity contribution < 1.29 is 0 Å². The van der Waals surface area contributed by atoms with E-state index in [0.717, 1.165) is 12.8 Å². The monoisotopic (exact) mass is 242 g/mol. The van der Waals surface area contributed by atoms with E-state index in [1.54, 1.807) is 0 Å². The summed E-state index contributed by atoms with van der Waals surface area (Å²) in [6, 6.07) is 12.9. The third-order valence-electron chi connectivity index (χ3n) is 3.70. The Balaban J connectivity index is 2.03. The molecule has 1 aromatic heterocycles. The molecule has 1 heterocycles. The number of aromatic nitrogens is 1. The third-order valence-corrected chi connectivity index (χ3v) is 3.70. The molecule has 2 nitrogen and oxygen atoms in total. The highest BCUT2D eigenvalue weighted by Crippen LogP contribution is 2.16. The van der Waals surface area contributed by atoms with Gasteiger partial charge in [0.25, 0.3) is 0 Å². The Morgan fingerprint density at radius 3 is 2.33 bits per heavy atom. The van der Waals surface area contributed by atoms with Crippen molar-refractivity contribution in [1.82, 2.24) is 4.57 Å². The van der Waals surface area contributed by atoms with Crippen LogP contribution in [0.2, 0.25) is 0 Å². The lowest BCUT2D eigenvalue weighted by Gasteiger charge is -2.12. The molecule has 0 fully saturated rings. The minimum absolute atomic E-state index is 0.188. The Morgan fingerprint density at radius 2 is 1.78 bits per heavy atom. The van der Waals surface area contributed by atoms with E-state index in [1.165, 1.54) is 22.5 Å². The summed E-state index contributed by atoms with van der Waals surface area (Å²) in [6.07, 6.45) is 1.89. The number of rotatable bonds is 4. The van der Waals surface area contributed by atoms with Gasteiger partial charge < -0.3 is 10.3 Å². The summed E-state index contributed by atoms with van der Waals surface area (Å²) >= 11 is 0. The number of aryl methyl sites for hydroxylation is 1. The summed E-state index contributed by atoms with van der Waals surface area (Å²) in [5.74, 6) is 0. The summed E-state index contributed by atoms with van der Waals surface area (Å²) in [5, 5.41) is 0. The van der Waals surface area contributed by atoms with E-state index >= 15 is 0 Å². The fourth-order valence-corrected chi connectivity index (χ4v) is 2.41. The summed E-state index contributed by atoms with van der Waals surface area (Å²) in [5.41, 5.74) is 11.6. The van der Waals surface area contributed by atoms with E-state index < -0.39 is 0 Å². The van der Waals surface area contributed by atoms with E-state index in [-0.39, 0.29) is 6.04 Å². The average Bonchev–Trinajstić information content (AvgIpc) is 2.58. The molecule has 96 valence electrons. The molecule has 0 radical (unpaired) electrons. The van der Waals surface area contributed by atoms with Crippen molar-refractivity contribution in [3.63, 3.8) is 0 Å². The fourth-order valence-electron chi connectivity index (χ4n) is 2.41. The highest BCUT2D eigenvalue weighted by Gasteiger charge is 2.11. The molecule has 2 rings (SSSR count). The van der Waals surface area contributed by atoms with Crippen molar-refractivity contribution in [2.24, 2.45) is 12.8 Å². The Bertz CT molecular complexity index is 511. The number of nitrogens with zero attached hydrogens (tertiary/aromatic N) is 1. The maximum Gasteiger partial charge on any atom is 0.0175 e. The van der Waals surface area contributed by atoms with Gasteiger partial charge in [-0.15, -0.1) is 0 Å². The standard InChI is InChI=1S/C16H22N2/c1-12-9-15(13(2)18(12)3)11-16(17)10-14-7-5-4-6-8-14/h4-9,16H,10-11,17H2,1-3H3. The first kappa shape index (κ1) is 12.9. The van der Waals surface area contributed by atoms with Gasteiger partial charge in [0.15, 0.2) is 0 Å². The Kier molecular flexibility index (Phi) is 3.87. The Labute approximate surface area is 109 Å². The van der Waals surface area contributed by atoms with Crippen LogP contribution in [0.3, 0.4) is 0 Å². The van der Waals surface area contributed by atoms with Crippen LogP contribution in [0.1, 0.15) is 22.5 Å². The Morgan fingerprint density at radius 1 is 1.11 bits per heavy atom. The molecule has 1 atom stereocenters. The third kappa shape index (κ3) is 2.82. The zero-order chi connectivity index (χ0) is 13.1. The number of hydrogen-bond donors (Lipinski definition) is 1. The van der Waals surface area contributed by atoms with Gasteiger partial charge in [-0.1, -0.05) is 30.3 Å². The van der Waals surface area contributed by atoms with Gasteiger partial charge in [0.2, 0.25) is 0 Å². The lowest BCUT2D eigenvalue weighted by atomic mass is 10.00. The van der Waals surface area contributed by atoms with Crippen molar-refractivity contribution in [3.8, 4) is 0 Å². The molecule has 18 heavy (non-hydrogen) atoms. The van der Waals surface area contributed by atoms with Gasteiger partial charge in [0.1, 0.15) is 0 Å². The molecule has 0 aliphatic rings. The van der Waals surface area contributed by atoms with Gasteiger partial charge in [-0.25, -0.2) is 0 Å². The highest BCUT2D eigenvalue weighted by molar-refractivity contribution is 5.27. The molecular weight excluding hydrogens is 220 g/mol. The molecule has 0 aliphatic heterocycles.